The summed E-state index contributed by atoms with van der Waals surface area (Å²) in [6.07, 6.45) is -0.139. The van der Waals surface area contributed by atoms with E-state index in [0.717, 1.165) is 5.56 Å². The highest BCUT2D eigenvalue weighted by Crippen LogP contribution is 2.37. The highest BCUT2D eigenvalue weighted by molar-refractivity contribution is 5.77. The maximum absolute atomic E-state index is 13.2. The lowest BCUT2D eigenvalue weighted by molar-refractivity contribution is -0.121. The van der Waals surface area contributed by atoms with Gasteiger partial charge in [-0.25, -0.2) is 0 Å². The molecule has 0 unspecified atom stereocenters. The molecule has 0 saturated carbocycles. The number of methoxy groups -OCH3 is 3. The van der Waals surface area contributed by atoms with Crippen LogP contribution in [0.3, 0.4) is 0 Å². The number of likely N-dealkylation sites (N-methyl/N-ethyl adjacent to an activating group) is 1. The maximum Gasteiger partial charge on any atom is 0.227 e. The second kappa shape index (κ2) is 12.4. The molecule has 0 aliphatic rings. The lowest BCUT2D eigenvalue weighted by Crippen LogP contribution is -2.35. The number of aryl methyl sites for hydroxylation is 1. The van der Waals surface area contributed by atoms with E-state index in [9.17, 15) is 19.8 Å². The average Bonchev–Trinajstić information content (AvgIpc) is 2.89. The minimum atomic E-state index is -0.823. The van der Waals surface area contributed by atoms with Crippen molar-refractivity contribution in [2.24, 2.45) is 0 Å². The molecule has 0 spiro atoms. The van der Waals surface area contributed by atoms with Crippen molar-refractivity contribution in [2.45, 2.75) is 25.3 Å². The van der Waals surface area contributed by atoms with Crippen LogP contribution in [0.1, 0.15) is 41.0 Å². The van der Waals surface area contributed by atoms with E-state index in [1.165, 1.54) is 19.2 Å². The molecule has 1 heterocycles. The molecule has 38 heavy (non-hydrogen) atoms. The zero-order valence-corrected chi connectivity index (χ0v) is 22.4. The minimum Gasteiger partial charge on any atom is -0.504 e. The van der Waals surface area contributed by atoms with Crippen molar-refractivity contribution in [3.63, 3.8) is 0 Å². The number of carbonyl (C=O) groups excluding carboxylic acids is 1. The van der Waals surface area contributed by atoms with Crippen LogP contribution in [0.5, 0.6) is 28.7 Å². The lowest BCUT2D eigenvalue weighted by atomic mass is 9.91. The molecule has 204 valence electrons. The second-order valence-electron chi connectivity index (χ2n) is 9.02. The quantitative estimate of drug-likeness (QED) is 0.344. The number of hydrogen-bond acceptors (Lipinski definition) is 9. The molecule has 3 rings (SSSR count). The fraction of sp³-hybridized carbons (Fsp3) is 0.357. The van der Waals surface area contributed by atoms with Gasteiger partial charge in [0.1, 0.15) is 5.76 Å². The Balaban J connectivity index is 1.90. The summed E-state index contributed by atoms with van der Waals surface area (Å²) in [5.41, 5.74) is 0.819. The molecule has 0 aliphatic heterocycles. The molecule has 0 saturated heterocycles. The minimum absolute atomic E-state index is 0.0399. The van der Waals surface area contributed by atoms with E-state index in [1.54, 1.807) is 33.3 Å². The molecule has 0 bridgehead atoms. The van der Waals surface area contributed by atoms with Gasteiger partial charge in [-0.2, -0.15) is 0 Å². The Hall–Kier alpha value is -4.18. The molecule has 2 atom stereocenters. The Morgan fingerprint density at radius 1 is 0.947 bits per heavy atom. The van der Waals surface area contributed by atoms with Gasteiger partial charge >= 0.3 is 0 Å². The van der Waals surface area contributed by atoms with E-state index in [2.05, 4.69) is 5.32 Å². The smallest absolute Gasteiger partial charge is 0.227 e. The Kier molecular flexibility index (Phi) is 9.25. The Bertz CT molecular complexity index is 1330. The standard InChI is InChI=1S/C28H34N2O8/c1-16-11-22(32)27(34)28(38-16)19(17-7-9-21(31)24(12-17)36-5)14-26(33)29-15-20(30(2)3)18-8-10-23(35-4)25(13-18)37-6/h7-13,19-20,31,34H,14-15H2,1-6H3,(H,29,33)/t19-,20+/m1/s1. The zero-order valence-electron chi connectivity index (χ0n) is 22.4. The van der Waals surface area contributed by atoms with Gasteiger partial charge in [-0.15, -0.1) is 0 Å². The van der Waals surface area contributed by atoms with Gasteiger partial charge in [0.2, 0.25) is 17.1 Å². The number of ether oxygens (including phenoxy) is 3. The second-order valence-corrected chi connectivity index (χ2v) is 9.02. The van der Waals surface area contributed by atoms with Gasteiger partial charge in [-0.05, 0) is 56.4 Å². The number of hydrogen-bond donors (Lipinski definition) is 3. The first-order valence-corrected chi connectivity index (χ1v) is 11.9. The zero-order chi connectivity index (χ0) is 28.0. The average molecular weight is 527 g/mol. The molecule has 0 fully saturated rings. The van der Waals surface area contributed by atoms with E-state index >= 15 is 0 Å². The van der Waals surface area contributed by atoms with E-state index in [0.29, 0.717) is 22.8 Å². The van der Waals surface area contributed by atoms with Crippen LogP contribution in [0.25, 0.3) is 0 Å². The largest absolute Gasteiger partial charge is 0.504 e. The number of nitrogens with zero attached hydrogens (tertiary/aromatic N) is 1. The number of carbonyl (C=O) groups is 1. The maximum atomic E-state index is 13.2. The molecule has 10 nitrogen and oxygen atoms in total. The van der Waals surface area contributed by atoms with Crippen LogP contribution in [0.15, 0.2) is 51.7 Å². The number of rotatable bonds is 11. The first-order chi connectivity index (χ1) is 18.1. The molecule has 2 aromatic carbocycles. The molecule has 3 N–H and O–H groups in total. The van der Waals surface area contributed by atoms with Crippen LogP contribution in [-0.4, -0.2) is 63.0 Å². The van der Waals surface area contributed by atoms with Gasteiger partial charge in [-0.1, -0.05) is 12.1 Å². The summed E-state index contributed by atoms with van der Waals surface area (Å²) in [7, 11) is 8.33. The van der Waals surface area contributed by atoms with Crippen LogP contribution < -0.4 is 25.0 Å². The van der Waals surface area contributed by atoms with Gasteiger partial charge in [0.15, 0.2) is 28.8 Å². The van der Waals surface area contributed by atoms with Crippen molar-refractivity contribution < 1.29 is 33.6 Å². The summed E-state index contributed by atoms with van der Waals surface area (Å²) >= 11 is 0. The number of nitrogens with one attached hydrogen (secondary N) is 1. The molecule has 1 aromatic heterocycles. The molecular weight excluding hydrogens is 492 g/mol. The Labute approximate surface area is 221 Å². The molecular formula is C28H34N2O8. The van der Waals surface area contributed by atoms with Crippen molar-refractivity contribution in [1.82, 2.24) is 10.2 Å². The van der Waals surface area contributed by atoms with E-state index in [4.69, 9.17) is 18.6 Å². The lowest BCUT2D eigenvalue weighted by Gasteiger charge is -2.26. The van der Waals surface area contributed by atoms with Gasteiger partial charge in [0.05, 0.1) is 33.3 Å². The van der Waals surface area contributed by atoms with Gasteiger partial charge in [0.25, 0.3) is 0 Å². The monoisotopic (exact) mass is 526 g/mol. The van der Waals surface area contributed by atoms with Gasteiger partial charge in [0, 0.05) is 19.0 Å². The van der Waals surface area contributed by atoms with Gasteiger partial charge in [-0.3, -0.25) is 9.59 Å². The van der Waals surface area contributed by atoms with Crippen LogP contribution >= 0.6 is 0 Å². The van der Waals surface area contributed by atoms with Crippen molar-refractivity contribution in [3.05, 3.63) is 75.3 Å². The summed E-state index contributed by atoms with van der Waals surface area (Å²) < 4.78 is 21.7. The Morgan fingerprint density at radius 3 is 2.21 bits per heavy atom. The number of phenolic OH excluding ortho intramolecular Hbond substituents is 1. The third kappa shape index (κ3) is 6.38. The molecule has 10 heteroatoms. The summed E-state index contributed by atoms with van der Waals surface area (Å²) in [6.45, 7) is 1.86. The SMILES string of the molecule is COc1cc([C@@H](CC(=O)NC[C@@H](c2ccc(OC)c(OC)c2)N(C)C)c2oc(C)cc(=O)c2O)ccc1O. The van der Waals surface area contributed by atoms with Crippen molar-refractivity contribution in [3.8, 4) is 28.7 Å². The van der Waals surface area contributed by atoms with Crippen molar-refractivity contribution in [1.29, 1.82) is 0 Å². The molecule has 3 aromatic rings. The summed E-state index contributed by atoms with van der Waals surface area (Å²) in [4.78, 5) is 27.5. The normalized spacial score (nSPS) is 12.6. The highest BCUT2D eigenvalue weighted by atomic mass is 16.5. The van der Waals surface area contributed by atoms with E-state index < -0.39 is 17.1 Å². The number of benzene rings is 2. The van der Waals surface area contributed by atoms with Crippen molar-refractivity contribution in [2.75, 3.05) is 42.0 Å². The highest BCUT2D eigenvalue weighted by Gasteiger charge is 2.27. The number of amides is 1. The topological polar surface area (TPSA) is 131 Å². The third-order valence-corrected chi connectivity index (χ3v) is 6.29. The van der Waals surface area contributed by atoms with Gasteiger partial charge < -0.3 is 39.1 Å². The van der Waals surface area contributed by atoms with Crippen LogP contribution in [0.4, 0.5) is 0 Å². The predicted octanol–water partition coefficient (Wildman–Crippen LogP) is 3.33. The summed E-state index contributed by atoms with van der Waals surface area (Å²) in [5.74, 6) is -0.201. The number of aromatic hydroxyl groups is 2. The molecule has 0 radical (unpaired) electrons. The third-order valence-electron chi connectivity index (χ3n) is 6.29. The molecule has 0 aliphatic carbocycles. The van der Waals surface area contributed by atoms with Crippen LogP contribution in [-0.2, 0) is 4.79 Å². The summed E-state index contributed by atoms with van der Waals surface area (Å²) in [5, 5.41) is 23.5. The predicted molar refractivity (Wildman–Crippen MR) is 141 cm³/mol. The first kappa shape index (κ1) is 28.4. The fourth-order valence-corrected chi connectivity index (χ4v) is 4.26. The summed E-state index contributed by atoms with van der Waals surface area (Å²) in [6, 6.07) is 11.1. The Morgan fingerprint density at radius 2 is 1.58 bits per heavy atom. The van der Waals surface area contributed by atoms with Crippen LogP contribution in [0.2, 0.25) is 0 Å². The van der Waals surface area contributed by atoms with E-state index in [-0.39, 0.29) is 42.2 Å². The van der Waals surface area contributed by atoms with Crippen molar-refractivity contribution >= 4 is 5.91 Å². The number of phenols is 1. The first-order valence-electron chi connectivity index (χ1n) is 11.9. The molecule has 1 amide bonds. The fourth-order valence-electron chi connectivity index (χ4n) is 4.26. The van der Waals surface area contributed by atoms with Crippen LogP contribution in [0, 0.1) is 6.92 Å². The van der Waals surface area contributed by atoms with E-state index in [1.807, 2.05) is 37.2 Å².